The predicted molar refractivity (Wildman–Crippen MR) is 66.2 cm³/mol. The van der Waals surface area contributed by atoms with Crippen LogP contribution in [0.15, 0.2) is 0 Å². The van der Waals surface area contributed by atoms with Gasteiger partial charge in [0.15, 0.2) is 0 Å². The van der Waals surface area contributed by atoms with Gasteiger partial charge in [-0.15, -0.1) is 0 Å². The Morgan fingerprint density at radius 2 is 2.24 bits per heavy atom. The lowest BCUT2D eigenvalue weighted by molar-refractivity contribution is -0.139. The molecular formula is C12H24N2O3. The number of nitrogens with zero attached hydrogens (tertiary/aromatic N) is 1. The molecule has 0 aliphatic heterocycles. The number of likely N-dealkylation sites (N-methyl/N-ethyl adjacent to an activating group) is 1. The summed E-state index contributed by atoms with van der Waals surface area (Å²) in [7, 11) is 3.68. The summed E-state index contributed by atoms with van der Waals surface area (Å²) < 4.78 is 5.08. The molecule has 1 saturated carbocycles. The number of carboxylic acids is 1. The molecule has 1 rings (SSSR count). The van der Waals surface area contributed by atoms with Crippen molar-refractivity contribution in [2.45, 2.75) is 44.3 Å². The van der Waals surface area contributed by atoms with E-state index in [0.29, 0.717) is 25.1 Å². The molecule has 5 heteroatoms. The van der Waals surface area contributed by atoms with Gasteiger partial charge in [-0.25, -0.2) is 0 Å². The molecule has 5 nitrogen and oxygen atoms in total. The Hall–Kier alpha value is -0.650. The summed E-state index contributed by atoms with van der Waals surface area (Å²) in [5, 5.41) is 12.3. The van der Waals surface area contributed by atoms with Crippen LogP contribution in [0.2, 0.25) is 0 Å². The first-order valence-electron chi connectivity index (χ1n) is 6.22. The number of carbonyl (C=O) groups is 1. The fourth-order valence-corrected chi connectivity index (χ4v) is 1.73. The molecule has 1 aliphatic carbocycles. The van der Waals surface area contributed by atoms with E-state index in [2.05, 4.69) is 17.1 Å². The van der Waals surface area contributed by atoms with Crippen molar-refractivity contribution in [2.75, 3.05) is 27.3 Å². The van der Waals surface area contributed by atoms with Gasteiger partial charge < -0.3 is 20.1 Å². The third kappa shape index (κ3) is 5.48. The molecule has 1 fully saturated rings. The number of ether oxygens (including phenoxy) is 1. The Bertz CT molecular complexity index is 244. The summed E-state index contributed by atoms with van der Waals surface area (Å²) in [6.07, 6.45) is 2.86. The van der Waals surface area contributed by atoms with Gasteiger partial charge in [0.05, 0.1) is 6.61 Å². The quantitative estimate of drug-likeness (QED) is 0.620. The first-order chi connectivity index (χ1) is 8.04. The van der Waals surface area contributed by atoms with Crippen LogP contribution >= 0.6 is 0 Å². The molecule has 0 aromatic carbocycles. The Kier molecular flexibility index (Phi) is 5.88. The SMILES string of the molecule is COCC(C)N(C)CCC(NC1CC1)C(=O)O. The molecule has 100 valence electrons. The van der Waals surface area contributed by atoms with E-state index < -0.39 is 12.0 Å². The lowest BCUT2D eigenvalue weighted by Crippen LogP contribution is -2.42. The third-order valence-electron chi connectivity index (χ3n) is 3.24. The number of nitrogens with one attached hydrogen (secondary N) is 1. The summed E-state index contributed by atoms with van der Waals surface area (Å²) in [4.78, 5) is 13.2. The van der Waals surface area contributed by atoms with Crippen LogP contribution in [0.25, 0.3) is 0 Å². The first kappa shape index (κ1) is 14.4. The topological polar surface area (TPSA) is 61.8 Å². The van der Waals surface area contributed by atoms with E-state index in [1.165, 1.54) is 0 Å². The molecule has 0 heterocycles. The summed E-state index contributed by atoms with van der Waals surface area (Å²) >= 11 is 0. The lowest BCUT2D eigenvalue weighted by atomic mass is 10.2. The molecule has 0 aromatic rings. The van der Waals surface area contributed by atoms with Gasteiger partial charge in [-0.1, -0.05) is 0 Å². The van der Waals surface area contributed by atoms with Crippen molar-refractivity contribution in [3.63, 3.8) is 0 Å². The van der Waals surface area contributed by atoms with Crippen LogP contribution in [0.1, 0.15) is 26.2 Å². The average Bonchev–Trinajstić information content (AvgIpc) is 3.07. The van der Waals surface area contributed by atoms with Crippen LogP contribution in [0.3, 0.4) is 0 Å². The first-order valence-corrected chi connectivity index (χ1v) is 6.22. The molecular weight excluding hydrogens is 220 g/mol. The zero-order valence-corrected chi connectivity index (χ0v) is 11.0. The third-order valence-corrected chi connectivity index (χ3v) is 3.24. The van der Waals surface area contributed by atoms with E-state index in [1.54, 1.807) is 7.11 Å². The molecule has 2 atom stereocenters. The van der Waals surface area contributed by atoms with E-state index >= 15 is 0 Å². The van der Waals surface area contributed by atoms with E-state index in [4.69, 9.17) is 9.84 Å². The van der Waals surface area contributed by atoms with Crippen LogP contribution in [0, 0.1) is 0 Å². The molecule has 0 aromatic heterocycles. The van der Waals surface area contributed by atoms with Crippen LogP contribution in [-0.4, -0.2) is 61.4 Å². The monoisotopic (exact) mass is 244 g/mol. The van der Waals surface area contributed by atoms with Gasteiger partial charge in [0.2, 0.25) is 0 Å². The van der Waals surface area contributed by atoms with E-state index in [1.807, 2.05) is 7.05 Å². The fraction of sp³-hybridized carbons (Fsp3) is 0.917. The Morgan fingerprint density at radius 3 is 2.71 bits per heavy atom. The van der Waals surface area contributed by atoms with Crippen molar-refractivity contribution in [2.24, 2.45) is 0 Å². The van der Waals surface area contributed by atoms with Gasteiger partial charge in [-0.05, 0) is 33.2 Å². The van der Waals surface area contributed by atoms with E-state index in [0.717, 1.165) is 19.4 Å². The summed E-state index contributed by atoms with van der Waals surface area (Å²) in [6.45, 7) is 3.51. The molecule has 17 heavy (non-hydrogen) atoms. The normalized spacial score (nSPS) is 19.3. The van der Waals surface area contributed by atoms with Crippen molar-refractivity contribution < 1.29 is 14.6 Å². The maximum Gasteiger partial charge on any atom is 0.320 e. The van der Waals surface area contributed by atoms with Crippen molar-refractivity contribution >= 4 is 5.97 Å². The van der Waals surface area contributed by atoms with Crippen LogP contribution in [0.5, 0.6) is 0 Å². The molecule has 0 amide bonds. The van der Waals surface area contributed by atoms with Gasteiger partial charge in [0.1, 0.15) is 6.04 Å². The summed E-state index contributed by atoms with van der Waals surface area (Å²) in [5.41, 5.74) is 0. The number of hydrogen-bond donors (Lipinski definition) is 2. The highest BCUT2D eigenvalue weighted by Crippen LogP contribution is 2.20. The second kappa shape index (κ2) is 6.93. The lowest BCUT2D eigenvalue weighted by Gasteiger charge is -2.25. The van der Waals surface area contributed by atoms with Crippen LogP contribution in [0.4, 0.5) is 0 Å². The summed E-state index contributed by atoms with van der Waals surface area (Å²) in [5.74, 6) is -0.746. The minimum absolute atomic E-state index is 0.315. The molecule has 1 aliphatic rings. The largest absolute Gasteiger partial charge is 0.480 e. The second-order valence-electron chi connectivity index (χ2n) is 4.91. The maximum absolute atomic E-state index is 11.1. The number of hydrogen-bond acceptors (Lipinski definition) is 4. The van der Waals surface area contributed by atoms with Gasteiger partial charge in [0, 0.05) is 25.7 Å². The van der Waals surface area contributed by atoms with Crippen molar-refractivity contribution in [3.05, 3.63) is 0 Å². The standard InChI is InChI=1S/C12H24N2O3/c1-9(8-17-3)14(2)7-6-11(12(15)16)13-10-4-5-10/h9-11,13H,4-8H2,1-3H3,(H,15,16). The molecule has 0 spiro atoms. The number of aliphatic carboxylic acids is 1. The summed E-state index contributed by atoms with van der Waals surface area (Å²) in [6, 6.07) is 0.327. The molecule has 0 radical (unpaired) electrons. The number of methoxy groups -OCH3 is 1. The highest BCUT2D eigenvalue weighted by atomic mass is 16.5. The highest BCUT2D eigenvalue weighted by Gasteiger charge is 2.28. The van der Waals surface area contributed by atoms with Crippen molar-refractivity contribution in [3.8, 4) is 0 Å². The Labute approximate surface area is 103 Å². The van der Waals surface area contributed by atoms with Crippen molar-refractivity contribution in [1.29, 1.82) is 0 Å². The smallest absolute Gasteiger partial charge is 0.320 e. The van der Waals surface area contributed by atoms with E-state index in [9.17, 15) is 4.79 Å². The number of rotatable bonds is 9. The van der Waals surface area contributed by atoms with Gasteiger partial charge in [-0.3, -0.25) is 4.79 Å². The zero-order valence-electron chi connectivity index (χ0n) is 11.0. The Balaban J connectivity index is 2.26. The maximum atomic E-state index is 11.1. The number of carboxylic acid groups (broad SMARTS) is 1. The van der Waals surface area contributed by atoms with Gasteiger partial charge >= 0.3 is 5.97 Å². The van der Waals surface area contributed by atoms with Gasteiger partial charge in [-0.2, -0.15) is 0 Å². The minimum Gasteiger partial charge on any atom is -0.480 e. The van der Waals surface area contributed by atoms with Crippen LogP contribution < -0.4 is 5.32 Å². The Morgan fingerprint density at radius 1 is 1.59 bits per heavy atom. The second-order valence-corrected chi connectivity index (χ2v) is 4.91. The van der Waals surface area contributed by atoms with Gasteiger partial charge in [0.25, 0.3) is 0 Å². The average molecular weight is 244 g/mol. The van der Waals surface area contributed by atoms with Crippen molar-refractivity contribution in [1.82, 2.24) is 10.2 Å². The highest BCUT2D eigenvalue weighted by molar-refractivity contribution is 5.73. The minimum atomic E-state index is -0.746. The zero-order chi connectivity index (χ0) is 12.8. The molecule has 2 unspecified atom stereocenters. The van der Waals surface area contributed by atoms with Crippen LogP contribution in [-0.2, 0) is 9.53 Å². The predicted octanol–water partition coefficient (Wildman–Crippen LogP) is 0.548. The van der Waals surface area contributed by atoms with E-state index in [-0.39, 0.29) is 0 Å². The molecule has 0 saturated heterocycles. The molecule has 0 bridgehead atoms. The molecule has 2 N–H and O–H groups in total. The fourth-order valence-electron chi connectivity index (χ4n) is 1.73.